The number of benzene rings is 1. The molecule has 0 aliphatic heterocycles. The molecule has 8 nitrogen and oxygen atoms in total. The Bertz CT molecular complexity index is 859. The Hall–Kier alpha value is -3.42. The molecule has 0 aliphatic rings. The van der Waals surface area contributed by atoms with Crippen molar-refractivity contribution < 1.29 is 18.5 Å². The summed E-state index contributed by atoms with van der Waals surface area (Å²) in [6.07, 6.45) is 2.86. The Labute approximate surface area is 156 Å². The number of hydrogen-bond donors (Lipinski definition) is 2. The van der Waals surface area contributed by atoms with Crippen molar-refractivity contribution in [2.75, 3.05) is 6.54 Å². The number of furan rings is 1. The van der Waals surface area contributed by atoms with Crippen LogP contribution in [0.2, 0.25) is 0 Å². The second-order valence-corrected chi connectivity index (χ2v) is 5.86. The van der Waals surface area contributed by atoms with Gasteiger partial charge in [-0.2, -0.15) is 4.98 Å². The Morgan fingerprint density at radius 1 is 1.00 bits per heavy atom. The zero-order chi connectivity index (χ0) is 18.9. The number of amides is 2. The zero-order valence-corrected chi connectivity index (χ0v) is 14.7. The lowest BCUT2D eigenvalue weighted by Crippen LogP contribution is -2.36. The van der Waals surface area contributed by atoms with Crippen LogP contribution in [0.15, 0.2) is 57.7 Å². The van der Waals surface area contributed by atoms with E-state index in [9.17, 15) is 9.59 Å². The topological polar surface area (TPSA) is 110 Å². The molecule has 2 heterocycles. The third-order valence-corrected chi connectivity index (χ3v) is 3.78. The van der Waals surface area contributed by atoms with Gasteiger partial charge in [0.2, 0.25) is 23.5 Å². The van der Waals surface area contributed by atoms with Gasteiger partial charge in [-0.1, -0.05) is 35.5 Å². The van der Waals surface area contributed by atoms with E-state index in [1.807, 2.05) is 30.3 Å². The number of hydrogen-bond acceptors (Lipinski definition) is 6. The molecule has 140 valence electrons. The van der Waals surface area contributed by atoms with Gasteiger partial charge < -0.3 is 19.6 Å². The summed E-state index contributed by atoms with van der Waals surface area (Å²) in [6, 6.07) is 13.0. The molecule has 0 bridgehead atoms. The van der Waals surface area contributed by atoms with E-state index >= 15 is 0 Å². The number of nitrogens with zero attached hydrogens (tertiary/aromatic N) is 2. The van der Waals surface area contributed by atoms with Crippen LogP contribution in [0.25, 0.3) is 11.4 Å². The third kappa shape index (κ3) is 5.81. The Kier molecular flexibility index (Phi) is 6.35. The quantitative estimate of drug-likeness (QED) is 0.598. The maximum absolute atomic E-state index is 11.8. The molecule has 0 saturated carbocycles. The van der Waals surface area contributed by atoms with E-state index in [0.717, 1.165) is 5.56 Å². The van der Waals surface area contributed by atoms with Crippen molar-refractivity contribution in [2.24, 2.45) is 0 Å². The first kappa shape index (κ1) is 18.4. The summed E-state index contributed by atoms with van der Waals surface area (Å²) in [5.41, 5.74) is 0.880. The van der Waals surface area contributed by atoms with Gasteiger partial charge in [-0.15, -0.1) is 0 Å². The van der Waals surface area contributed by atoms with Gasteiger partial charge in [0.1, 0.15) is 5.76 Å². The predicted molar refractivity (Wildman–Crippen MR) is 96.2 cm³/mol. The Morgan fingerprint density at radius 2 is 1.85 bits per heavy atom. The molecule has 3 aromatic rings. The van der Waals surface area contributed by atoms with Crippen molar-refractivity contribution in [1.82, 2.24) is 20.8 Å². The SMILES string of the molecule is O=C(CCCc1nc(-c2ccccc2)no1)NCC(=O)NCc1ccco1. The summed E-state index contributed by atoms with van der Waals surface area (Å²) in [7, 11) is 0. The summed E-state index contributed by atoms with van der Waals surface area (Å²) in [4.78, 5) is 27.8. The molecule has 0 saturated heterocycles. The van der Waals surface area contributed by atoms with E-state index < -0.39 is 0 Å². The van der Waals surface area contributed by atoms with Crippen LogP contribution in [0.1, 0.15) is 24.5 Å². The standard InChI is InChI=1S/C19H20N4O4/c24-16(21-13-17(25)20-12-15-8-5-11-26-15)9-4-10-18-22-19(23-27-18)14-6-2-1-3-7-14/h1-3,5-8,11H,4,9-10,12-13H2,(H,20,25)(H,21,24). The van der Waals surface area contributed by atoms with Crippen molar-refractivity contribution >= 4 is 11.8 Å². The number of aromatic nitrogens is 2. The largest absolute Gasteiger partial charge is 0.467 e. The maximum atomic E-state index is 11.8. The molecule has 0 atom stereocenters. The maximum Gasteiger partial charge on any atom is 0.239 e. The molecule has 2 aromatic heterocycles. The van der Waals surface area contributed by atoms with Crippen LogP contribution in [-0.4, -0.2) is 28.5 Å². The molecule has 0 spiro atoms. The summed E-state index contributed by atoms with van der Waals surface area (Å²) in [5, 5.41) is 9.18. The number of rotatable bonds is 9. The van der Waals surface area contributed by atoms with Crippen LogP contribution < -0.4 is 10.6 Å². The van der Waals surface area contributed by atoms with Crippen molar-refractivity contribution in [3.63, 3.8) is 0 Å². The van der Waals surface area contributed by atoms with Gasteiger partial charge in [-0.3, -0.25) is 9.59 Å². The summed E-state index contributed by atoms with van der Waals surface area (Å²) in [6.45, 7) is 0.223. The predicted octanol–water partition coefficient (Wildman–Crippen LogP) is 2.08. The van der Waals surface area contributed by atoms with Crippen LogP contribution in [0, 0.1) is 0 Å². The first-order valence-corrected chi connectivity index (χ1v) is 8.64. The van der Waals surface area contributed by atoms with Crippen molar-refractivity contribution in [1.29, 1.82) is 0 Å². The molecule has 3 rings (SSSR count). The highest BCUT2D eigenvalue weighted by Crippen LogP contribution is 2.15. The first-order chi connectivity index (χ1) is 13.2. The molecule has 0 unspecified atom stereocenters. The molecular formula is C19H20N4O4. The minimum absolute atomic E-state index is 0.0712. The van der Waals surface area contributed by atoms with Crippen LogP contribution in [0.3, 0.4) is 0 Å². The minimum Gasteiger partial charge on any atom is -0.467 e. The fraction of sp³-hybridized carbons (Fsp3) is 0.263. The fourth-order valence-electron chi connectivity index (χ4n) is 2.39. The van der Waals surface area contributed by atoms with Gasteiger partial charge in [0.25, 0.3) is 0 Å². The lowest BCUT2D eigenvalue weighted by atomic mass is 10.2. The van der Waals surface area contributed by atoms with Gasteiger partial charge in [0, 0.05) is 18.4 Å². The van der Waals surface area contributed by atoms with E-state index in [1.165, 1.54) is 6.26 Å². The molecule has 0 aliphatic carbocycles. The van der Waals surface area contributed by atoms with Gasteiger partial charge >= 0.3 is 0 Å². The highest BCUT2D eigenvalue weighted by molar-refractivity contribution is 5.84. The number of carbonyl (C=O) groups excluding carboxylic acids is 2. The van der Waals surface area contributed by atoms with Crippen molar-refractivity contribution in [3.8, 4) is 11.4 Å². The molecule has 0 fully saturated rings. The highest BCUT2D eigenvalue weighted by atomic mass is 16.5. The summed E-state index contributed by atoms with van der Waals surface area (Å²) >= 11 is 0. The van der Waals surface area contributed by atoms with Gasteiger partial charge in [-0.25, -0.2) is 0 Å². The second-order valence-electron chi connectivity index (χ2n) is 5.86. The molecule has 2 N–H and O–H groups in total. The monoisotopic (exact) mass is 368 g/mol. The van der Waals surface area contributed by atoms with Crippen LogP contribution in [0.4, 0.5) is 0 Å². The fourth-order valence-corrected chi connectivity index (χ4v) is 2.39. The normalized spacial score (nSPS) is 10.5. The van der Waals surface area contributed by atoms with E-state index in [-0.39, 0.29) is 24.8 Å². The van der Waals surface area contributed by atoms with Crippen LogP contribution in [-0.2, 0) is 22.6 Å². The molecular weight excluding hydrogens is 348 g/mol. The minimum atomic E-state index is -0.274. The number of aryl methyl sites for hydroxylation is 1. The average Bonchev–Trinajstić information content (AvgIpc) is 3.37. The first-order valence-electron chi connectivity index (χ1n) is 8.64. The summed E-state index contributed by atoms with van der Waals surface area (Å²) < 4.78 is 10.3. The van der Waals surface area contributed by atoms with Crippen LogP contribution in [0.5, 0.6) is 0 Å². The molecule has 1 aromatic carbocycles. The lowest BCUT2D eigenvalue weighted by molar-refractivity contribution is -0.126. The van der Waals surface area contributed by atoms with E-state index in [1.54, 1.807) is 12.1 Å². The average molecular weight is 368 g/mol. The van der Waals surface area contributed by atoms with E-state index in [4.69, 9.17) is 8.94 Å². The van der Waals surface area contributed by atoms with E-state index in [2.05, 4.69) is 20.8 Å². The van der Waals surface area contributed by atoms with Crippen molar-refractivity contribution in [2.45, 2.75) is 25.8 Å². The summed E-state index contributed by atoms with van der Waals surface area (Å²) in [5.74, 6) is 1.19. The Morgan fingerprint density at radius 3 is 2.63 bits per heavy atom. The van der Waals surface area contributed by atoms with E-state index in [0.29, 0.717) is 36.9 Å². The third-order valence-electron chi connectivity index (χ3n) is 3.78. The van der Waals surface area contributed by atoms with Gasteiger partial charge in [0.15, 0.2) is 0 Å². The zero-order valence-electron chi connectivity index (χ0n) is 14.7. The van der Waals surface area contributed by atoms with Gasteiger partial charge in [0.05, 0.1) is 19.4 Å². The highest BCUT2D eigenvalue weighted by Gasteiger charge is 2.10. The van der Waals surface area contributed by atoms with Gasteiger partial charge in [-0.05, 0) is 18.6 Å². The molecule has 8 heteroatoms. The molecule has 0 radical (unpaired) electrons. The van der Waals surface area contributed by atoms with Crippen molar-refractivity contribution in [3.05, 3.63) is 60.4 Å². The smallest absolute Gasteiger partial charge is 0.239 e. The Balaban J connectivity index is 1.32. The molecule has 27 heavy (non-hydrogen) atoms. The second kappa shape index (κ2) is 9.33. The lowest BCUT2D eigenvalue weighted by Gasteiger charge is -2.05. The number of nitrogens with one attached hydrogen (secondary N) is 2. The number of carbonyl (C=O) groups is 2. The molecule has 2 amide bonds. The van der Waals surface area contributed by atoms with Crippen LogP contribution >= 0.6 is 0 Å².